The van der Waals surface area contributed by atoms with Crippen LogP contribution in [0.25, 0.3) is 0 Å². The molecule has 0 saturated carbocycles. The molecule has 0 bridgehead atoms. The fourth-order valence-electron chi connectivity index (χ4n) is 4.74. The zero-order valence-electron chi connectivity index (χ0n) is 18.0. The molecule has 5 rings (SSSR count). The molecule has 3 aromatic rings. The molecule has 0 unspecified atom stereocenters. The third-order valence-corrected chi connectivity index (χ3v) is 6.49. The van der Waals surface area contributed by atoms with Gasteiger partial charge < -0.3 is 9.64 Å². The number of hydrogen-bond acceptors (Lipinski definition) is 6. The lowest BCUT2D eigenvalue weighted by Gasteiger charge is -2.22. The molecular formula is C22H24N6O4. The third-order valence-electron chi connectivity index (χ3n) is 6.49. The van der Waals surface area contributed by atoms with E-state index in [1.807, 2.05) is 24.3 Å². The number of ether oxygens (including phenoxy) is 1. The molecule has 1 spiro atoms. The van der Waals surface area contributed by atoms with Crippen molar-refractivity contribution in [3.63, 3.8) is 0 Å². The first kappa shape index (κ1) is 20.2. The molecule has 2 aliphatic heterocycles. The summed E-state index contributed by atoms with van der Waals surface area (Å²) in [6.45, 7) is 1.74. The predicted octanol–water partition coefficient (Wildman–Crippen LogP) is 0.284. The SMILES string of the molecule is COc1ccc(Cn2nc3n(c(=O)c2=O)C[C@@]2(CCN(C(=O)c4ccnn4C)C2)C3)cc1. The highest BCUT2D eigenvalue weighted by atomic mass is 16.5. The number of benzene rings is 1. The Hall–Kier alpha value is -3.69. The van der Waals surface area contributed by atoms with Gasteiger partial charge >= 0.3 is 11.1 Å². The zero-order chi connectivity index (χ0) is 22.5. The molecule has 32 heavy (non-hydrogen) atoms. The Morgan fingerprint density at radius 2 is 1.91 bits per heavy atom. The second-order valence-electron chi connectivity index (χ2n) is 8.61. The zero-order valence-corrected chi connectivity index (χ0v) is 18.0. The number of rotatable bonds is 4. The molecule has 1 amide bonds. The van der Waals surface area contributed by atoms with Crippen LogP contribution < -0.4 is 15.9 Å². The first-order valence-corrected chi connectivity index (χ1v) is 10.5. The lowest BCUT2D eigenvalue weighted by atomic mass is 9.86. The summed E-state index contributed by atoms with van der Waals surface area (Å²) in [6, 6.07) is 9.01. The normalized spacial score (nSPS) is 19.5. The molecule has 2 aliphatic rings. The number of methoxy groups -OCH3 is 1. The molecule has 10 heteroatoms. The fourth-order valence-corrected chi connectivity index (χ4v) is 4.74. The van der Waals surface area contributed by atoms with E-state index in [-0.39, 0.29) is 17.9 Å². The highest BCUT2D eigenvalue weighted by molar-refractivity contribution is 5.92. The molecule has 0 N–H and O–H groups in total. The largest absolute Gasteiger partial charge is 0.497 e. The van der Waals surface area contributed by atoms with Crippen LogP contribution in [0.4, 0.5) is 0 Å². The van der Waals surface area contributed by atoms with Crippen molar-refractivity contribution in [2.24, 2.45) is 12.5 Å². The molecule has 1 fully saturated rings. The second-order valence-corrected chi connectivity index (χ2v) is 8.61. The molecule has 10 nitrogen and oxygen atoms in total. The summed E-state index contributed by atoms with van der Waals surface area (Å²) in [7, 11) is 3.33. The predicted molar refractivity (Wildman–Crippen MR) is 115 cm³/mol. The molecule has 0 radical (unpaired) electrons. The number of hydrogen-bond donors (Lipinski definition) is 0. The van der Waals surface area contributed by atoms with Crippen molar-refractivity contribution in [2.45, 2.75) is 25.9 Å². The topological polar surface area (TPSA) is 104 Å². The number of likely N-dealkylation sites (tertiary alicyclic amines) is 1. The van der Waals surface area contributed by atoms with E-state index < -0.39 is 11.1 Å². The Kier molecular flexibility index (Phi) is 4.72. The van der Waals surface area contributed by atoms with Crippen LogP contribution in [0.5, 0.6) is 5.75 Å². The Morgan fingerprint density at radius 1 is 1.12 bits per heavy atom. The van der Waals surface area contributed by atoms with Crippen molar-refractivity contribution in [2.75, 3.05) is 20.2 Å². The van der Waals surface area contributed by atoms with Crippen molar-refractivity contribution < 1.29 is 9.53 Å². The average molecular weight is 436 g/mol. The highest BCUT2D eigenvalue weighted by Gasteiger charge is 2.46. The van der Waals surface area contributed by atoms with Crippen LogP contribution in [0, 0.1) is 5.41 Å². The van der Waals surface area contributed by atoms with Crippen LogP contribution in [0.2, 0.25) is 0 Å². The minimum Gasteiger partial charge on any atom is -0.497 e. The Bertz CT molecular complexity index is 1310. The minimum atomic E-state index is -0.637. The first-order valence-electron chi connectivity index (χ1n) is 10.5. The monoisotopic (exact) mass is 436 g/mol. The standard InChI is InChI=1S/C22H24N6O4/c1-25-17(7-9-23-25)19(29)26-10-8-22(13-26)11-18-24-28(21(31)20(30)27(18)14-22)12-15-3-5-16(32-2)6-4-15/h3-7,9H,8,10-14H2,1-2H3/t22-/m0/s1. The maximum Gasteiger partial charge on any atom is 0.332 e. The number of carbonyl (C=O) groups excluding carboxylic acids is 1. The Morgan fingerprint density at radius 3 is 2.59 bits per heavy atom. The van der Waals surface area contributed by atoms with Gasteiger partial charge in [-0.2, -0.15) is 10.2 Å². The van der Waals surface area contributed by atoms with Gasteiger partial charge in [0.2, 0.25) is 0 Å². The molecular weight excluding hydrogens is 412 g/mol. The number of aromatic nitrogens is 5. The fraction of sp³-hybridized carbons (Fsp3) is 0.409. The smallest absolute Gasteiger partial charge is 0.332 e. The maximum atomic E-state index is 12.9. The van der Waals surface area contributed by atoms with Gasteiger partial charge in [-0.25, -0.2) is 4.68 Å². The van der Waals surface area contributed by atoms with Gasteiger partial charge in [-0.15, -0.1) is 0 Å². The van der Waals surface area contributed by atoms with Gasteiger partial charge in [0.05, 0.1) is 13.7 Å². The van der Waals surface area contributed by atoms with Crippen LogP contribution in [0.15, 0.2) is 46.1 Å². The van der Waals surface area contributed by atoms with Gasteiger partial charge in [0.25, 0.3) is 5.91 Å². The molecule has 0 aliphatic carbocycles. The van der Waals surface area contributed by atoms with Crippen molar-refractivity contribution in [3.8, 4) is 5.75 Å². The number of nitrogens with zero attached hydrogens (tertiary/aromatic N) is 6. The summed E-state index contributed by atoms with van der Waals surface area (Å²) in [5, 5.41) is 8.60. The molecule has 4 heterocycles. The maximum absolute atomic E-state index is 12.9. The summed E-state index contributed by atoms with van der Waals surface area (Å²) in [6.07, 6.45) is 2.91. The second kappa shape index (κ2) is 7.47. The minimum absolute atomic E-state index is 0.0720. The van der Waals surface area contributed by atoms with Crippen LogP contribution in [-0.4, -0.2) is 55.1 Å². The van der Waals surface area contributed by atoms with E-state index in [1.165, 1.54) is 9.25 Å². The van der Waals surface area contributed by atoms with E-state index >= 15 is 0 Å². The number of carbonyl (C=O) groups is 1. The summed E-state index contributed by atoms with van der Waals surface area (Å²) < 4.78 is 9.46. The van der Waals surface area contributed by atoms with Gasteiger partial charge in [-0.1, -0.05) is 12.1 Å². The van der Waals surface area contributed by atoms with Gasteiger partial charge in [-0.05, 0) is 30.2 Å². The molecule has 1 saturated heterocycles. The summed E-state index contributed by atoms with van der Waals surface area (Å²) in [5.41, 5.74) is -0.0865. The highest BCUT2D eigenvalue weighted by Crippen LogP contribution is 2.39. The molecule has 2 aromatic heterocycles. The van der Waals surface area contributed by atoms with Crippen molar-refractivity contribution in [3.05, 3.63) is 74.3 Å². The third kappa shape index (κ3) is 3.31. The van der Waals surface area contributed by atoms with E-state index in [1.54, 1.807) is 36.0 Å². The molecule has 1 atom stereocenters. The first-order chi connectivity index (χ1) is 15.4. The van der Waals surface area contributed by atoms with E-state index in [9.17, 15) is 14.4 Å². The summed E-state index contributed by atoms with van der Waals surface area (Å²) in [4.78, 5) is 40.2. The van der Waals surface area contributed by atoms with Gasteiger partial charge in [0, 0.05) is 44.7 Å². The van der Waals surface area contributed by atoms with Crippen molar-refractivity contribution in [1.29, 1.82) is 0 Å². The number of fused-ring (bicyclic) bond motifs is 1. The number of aryl methyl sites for hydroxylation is 1. The quantitative estimate of drug-likeness (QED) is 0.545. The average Bonchev–Trinajstić information content (AvgIpc) is 3.51. The van der Waals surface area contributed by atoms with E-state index in [0.29, 0.717) is 37.6 Å². The van der Waals surface area contributed by atoms with Gasteiger partial charge in [-0.3, -0.25) is 23.6 Å². The van der Waals surface area contributed by atoms with Crippen molar-refractivity contribution >= 4 is 5.91 Å². The lowest BCUT2D eigenvalue weighted by molar-refractivity contribution is 0.0761. The van der Waals surface area contributed by atoms with Crippen LogP contribution >= 0.6 is 0 Å². The summed E-state index contributed by atoms with van der Waals surface area (Å²) >= 11 is 0. The van der Waals surface area contributed by atoms with Crippen molar-refractivity contribution in [1.82, 2.24) is 29.0 Å². The van der Waals surface area contributed by atoms with Crippen LogP contribution in [0.1, 0.15) is 28.3 Å². The van der Waals surface area contributed by atoms with Crippen LogP contribution in [-0.2, 0) is 26.6 Å². The number of amides is 1. The van der Waals surface area contributed by atoms with Gasteiger partial charge in [0.15, 0.2) is 0 Å². The van der Waals surface area contributed by atoms with Gasteiger partial charge in [0.1, 0.15) is 17.3 Å². The Labute approximate surface area is 183 Å². The van der Waals surface area contributed by atoms with Crippen LogP contribution in [0.3, 0.4) is 0 Å². The van der Waals surface area contributed by atoms with E-state index in [2.05, 4.69) is 10.2 Å². The van der Waals surface area contributed by atoms with E-state index in [4.69, 9.17) is 4.74 Å². The Balaban J connectivity index is 1.38. The lowest BCUT2D eigenvalue weighted by Crippen LogP contribution is -2.43. The van der Waals surface area contributed by atoms with E-state index in [0.717, 1.165) is 17.7 Å². The molecule has 1 aromatic carbocycles. The summed E-state index contributed by atoms with van der Waals surface area (Å²) in [5.74, 6) is 1.24. The molecule has 166 valence electrons.